The number of hydrogen-bond acceptors (Lipinski definition) is 3. The van der Waals surface area contributed by atoms with Crippen molar-refractivity contribution >= 4 is 0 Å². The van der Waals surface area contributed by atoms with Crippen molar-refractivity contribution in [1.82, 2.24) is 5.32 Å². The first kappa shape index (κ1) is 13.4. The maximum atomic E-state index is 9.27. The van der Waals surface area contributed by atoms with E-state index >= 15 is 0 Å². The first-order chi connectivity index (χ1) is 8.60. The highest BCUT2D eigenvalue weighted by Crippen LogP contribution is 2.29. The Hall–Kier alpha value is -1.06. The third-order valence-corrected chi connectivity index (χ3v) is 3.78. The van der Waals surface area contributed by atoms with Crippen molar-refractivity contribution in [3.8, 4) is 5.75 Å². The summed E-state index contributed by atoms with van der Waals surface area (Å²) in [5, 5.41) is 12.8. The molecule has 2 rings (SSSR count). The third-order valence-electron chi connectivity index (χ3n) is 3.78. The summed E-state index contributed by atoms with van der Waals surface area (Å²) in [6, 6.07) is 6.59. The highest BCUT2D eigenvalue weighted by atomic mass is 16.5. The van der Waals surface area contributed by atoms with Gasteiger partial charge in [0.25, 0.3) is 0 Å². The van der Waals surface area contributed by atoms with E-state index in [1.807, 2.05) is 0 Å². The minimum atomic E-state index is -0.0685. The van der Waals surface area contributed by atoms with Gasteiger partial charge in [0.2, 0.25) is 0 Å². The predicted molar refractivity (Wildman–Crippen MR) is 72.9 cm³/mol. The molecule has 0 saturated heterocycles. The van der Waals surface area contributed by atoms with Gasteiger partial charge in [0.05, 0.1) is 13.2 Å². The SMILES string of the molecule is COc1cc(C)ccc1C(C)NCC1CC(O)C1. The molecule has 0 heterocycles. The van der Waals surface area contributed by atoms with E-state index in [1.165, 1.54) is 11.1 Å². The van der Waals surface area contributed by atoms with Crippen LogP contribution in [-0.4, -0.2) is 24.9 Å². The Balaban J connectivity index is 1.93. The summed E-state index contributed by atoms with van der Waals surface area (Å²) >= 11 is 0. The van der Waals surface area contributed by atoms with Crippen LogP contribution < -0.4 is 10.1 Å². The fourth-order valence-corrected chi connectivity index (χ4v) is 2.50. The molecule has 1 atom stereocenters. The van der Waals surface area contributed by atoms with Gasteiger partial charge in [0, 0.05) is 11.6 Å². The highest BCUT2D eigenvalue weighted by Gasteiger charge is 2.27. The lowest BCUT2D eigenvalue weighted by Gasteiger charge is -2.32. The molecule has 1 unspecified atom stereocenters. The number of rotatable bonds is 5. The summed E-state index contributed by atoms with van der Waals surface area (Å²) in [4.78, 5) is 0. The number of nitrogens with one attached hydrogen (secondary N) is 1. The molecule has 1 saturated carbocycles. The molecular formula is C15H23NO2. The number of hydrogen-bond donors (Lipinski definition) is 2. The molecule has 1 fully saturated rings. The van der Waals surface area contributed by atoms with Crippen LogP contribution in [0.1, 0.15) is 36.9 Å². The monoisotopic (exact) mass is 249 g/mol. The van der Waals surface area contributed by atoms with Gasteiger partial charge in [-0.3, -0.25) is 0 Å². The van der Waals surface area contributed by atoms with E-state index < -0.39 is 0 Å². The van der Waals surface area contributed by atoms with Gasteiger partial charge >= 0.3 is 0 Å². The first-order valence-electron chi connectivity index (χ1n) is 6.66. The standard InChI is InChI=1S/C15H23NO2/c1-10-4-5-14(15(6-10)18-3)11(2)16-9-12-7-13(17)8-12/h4-6,11-13,16-17H,7-9H2,1-3H3. The second kappa shape index (κ2) is 5.72. The molecule has 0 radical (unpaired) electrons. The first-order valence-corrected chi connectivity index (χ1v) is 6.66. The van der Waals surface area contributed by atoms with E-state index in [0.717, 1.165) is 25.1 Å². The fourth-order valence-electron chi connectivity index (χ4n) is 2.50. The zero-order valence-corrected chi connectivity index (χ0v) is 11.4. The molecule has 0 bridgehead atoms. The van der Waals surface area contributed by atoms with Gasteiger partial charge in [0.15, 0.2) is 0 Å². The Bertz CT molecular complexity index is 399. The summed E-state index contributed by atoms with van der Waals surface area (Å²) < 4.78 is 5.43. The van der Waals surface area contributed by atoms with Gasteiger partial charge in [-0.2, -0.15) is 0 Å². The van der Waals surface area contributed by atoms with Crippen LogP contribution in [0.15, 0.2) is 18.2 Å². The van der Waals surface area contributed by atoms with Gasteiger partial charge < -0.3 is 15.2 Å². The molecule has 1 aliphatic carbocycles. The number of benzene rings is 1. The van der Waals surface area contributed by atoms with Crippen molar-refractivity contribution in [2.45, 2.75) is 38.8 Å². The van der Waals surface area contributed by atoms with E-state index in [1.54, 1.807) is 7.11 Å². The minimum absolute atomic E-state index is 0.0685. The molecule has 0 spiro atoms. The van der Waals surface area contributed by atoms with Crippen LogP contribution in [0.5, 0.6) is 5.75 Å². The largest absolute Gasteiger partial charge is 0.496 e. The Morgan fingerprint density at radius 1 is 1.44 bits per heavy atom. The molecule has 18 heavy (non-hydrogen) atoms. The lowest BCUT2D eigenvalue weighted by Crippen LogP contribution is -2.37. The molecule has 0 amide bonds. The summed E-state index contributed by atoms with van der Waals surface area (Å²) in [5.41, 5.74) is 2.41. The van der Waals surface area contributed by atoms with Crippen LogP contribution in [-0.2, 0) is 0 Å². The van der Waals surface area contributed by atoms with Gasteiger partial charge in [0.1, 0.15) is 5.75 Å². The topological polar surface area (TPSA) is 41.5 Å². The number of ether oxygens (including phenoxy) is 1. The molecule has 3 nitrogen and oxygen atoms in total. The Morgan fingerprint density at radius 3 is 2.78 bits per heavy atom. The Kier molecular flexibility index (Phi) is 4.25. The number of aliphatic hydroxyl groups is 1. The normalized spacial score (nSPS) is 24.4. The maximum absolute atomic E-state index is 9.27. The molecule has 2 N–H and O–H groups in total. The number of aliphatic hydroxyl groups excluding tert-OH is 1. The lowest BCUT2D eigenvalue weighted by atomic mass is 9.82. The van der Waals surface area contributed by atoms with Gasteiger partial charge in [-0.05, 0) is 50.8 Å². The number of methoxy groups -OCH3 is 1. The molecule has 3 heteroatoms. The molecular weight excluding hydrogens is 226 g/mol. The Morgan fingerprint density at radius 2 is 2.17 bits per heavy atom. The summed E-state index contributed by atoms with van der Waals surface area (Å²) in [6.07, 6.45) is 1.80. The number of aryl methyl sites for hydroxylation is 1. The van der Waals surface area contributed by atoms with Crippen LogP contribution >= 0.6 is 0 Å². The van der Waals surface area contributed by atoms with E-state index in [4.69, 9.17) is 4.74 Å². The van der Waals surface area contributed by atoms with Crippen molar-refractivity contribution < 1.29 is 9.84 Å². The lowest BCUT2D eigenvalue weighted by molar-refractivity contribution is 0.0420. The van der Waals surface area contributed by atoms with Crippen molar-refractivity contribution in [2.24, 2.45) is 5.92 Å². The molecule has 0 aliphatic heterocycles. The molecule has 100 valence electrons. The third kappa shape index (κ3) is 3.03. The van der Waals surface area contributed by atoms with Crippen LogP contribution in [0.4, 0.5) is 0 Å². The van der Waals surface area contributed by atoms with Crippen molar-refractivity contribution in [1.29, 1.82) is 0 Å². The van der Waals surface area contributed by atoms with Gasteiger partial charge in [-0.15, -0.1) is 0 Å². The van der Waals surface area contributed by atoms with E-state index in [-0.39, 0.29) is 12.1 Å². The summed E-state index contributed by atoms with van der Waals surface area (Å²) in [7, 11) is 1.72. The average molecular weight is 249 g/mol. The summed E-state index contributed by atoms with van der Waals surface area (Å²) in [6.45, 7) is 5.19. The van der Waals surface area contributed by atoms with Gasteiger partial charge in [-0.1, -0.05) is 12.1 Å². The van der Waals surface area contributed by atoms with Crippen molar-refractivity contribution in [2.75, 3.05) is 13.7 Å². The van der Waals surface area contributed by atoms with E-state index in [0.29, 0.717) is 5.92 Å². The Labute approximate surface area is 109 Å². The highest BCUT2D eigenvalue weighted by molar-refractivity contribution is 5.39. The van der Waals surface area contributed by atoms with E-state index in [9.17, 15) is 5.11 Å². The predicted octanol–water partition coefficient (Wildman–Crippen LogP) is 2.43. The molecule has 1 aromatic carbocycles. The zero-order chi connectivity index (χ0) is 13.1. The molecule has 1 aromatic rings. The van der Waals surface area contributed by atoms with Crippen LogP contribution in [0.3, 0.4) is 0 Å². The van der Waals surface area contributed by atoms with E-state index in [2.05, 4.69) is 37.4 Å². The smallest absolute Gasteiger partial charge is 0.123 e. The van der Waals surface area contributed by atoms with Crippen molar-refractivity contribution in [3.05, 3.63) is 29.3 Å². The van der Waals surface area contributed by atoms with Crippen molar-refractivity contribution in [3.63, 3.8) is 0 Å². The van der Waals surface area contributed by atoms with Crippen LogP contribution in [0.2, 0.25) is 0 Å². The van der Waals surface area contributed by atoms with Crippen LogP contribution in [0, 0.1) is 12.8 Å². The maximum Gasteiger partial charge on any atom is 0.123 e. The summed E-state index contributed by atoms with van der Waals surface area (Å²) in [5.74, 6) is 1.57. The molecule has 1 aliphatic rings. The second-order valence-electron chi connectivity index (χ2n) is 5.37. The fraction of sp³-hybridized carbons (Fsp3) is 0.600. The quantitative estimate of drug-likeness (QED) is 0.842. The van der Waals surface area contributed by atoms with Gasteiger partial charge in [-0.25, -0.2) is 0 Å². The van der Waals surface area contributed by atoms with Crippen LogP contribution in [0.25, 0.3) is 0 Å². The second-order valence-corrected chi connectivity index (χ2v) is 5.37. The minimum Gasteiger partial charge on any atom is -0.496 e. The zero-order valence-electron chi connectivity index (χ0n) is 11.4. The molecule has 0 aromatic heterocycles. The average Bonchev–Trinajstić information content (AvgIpc) is 2.32.